The number of carboxylic acid groups (broad SMARTS) is 1. The van der Waals surface area contributed by atoms with Crippen LogP contribution in [0.2, 0.25) is 0 Å². The SMILES string of the molecule is CC(CC(=O)O)c1ccccc1CNC(=O)c1cccc(Nc2nc3ccccc3[nH]2)c1. The Kier molecular flexibility index (Phi) is 6.17. The minimum absolute atomic E-state index is 0.0421. The molecule has 0 fully saturated rings. The number of aromatic nitrogens is 2. The Morgan fingerprint density at radius 3 is 2.62 bits per heavy atom. The Bertz CT molecular complexity index is 1230. The molecule has 1 amide bonds. The van der Waals surface area contributed by atoms with Crippen LogP contribution in [0, 0.1) is 0 Å². The molecule has 7 nitrogen and oxygen atoms in total. The lowest BCUT2D eigenvalue weighted by Gasteiger charge is -2.15. The highest BCUT2D eigenvalue weighted by molar-refractivity contribution is 5.95. The first-order chi connectivity index (χ1) is 15.5. The predicted molar refractivity (Wildman–Crippen MR) is 124 cm³/mol. The van der Waals surface area contributed by atoms with Gasteiger partial charge in [0.05, 0.1) is 17.5 Å². The van der Waals surface area contributed by atoms with Crippen molar-refractivity contribution in [2.24, 2.45) is 0 Å². The van der Waals surface area contributed by atoms with Gasteiger partial charge in [0.15, 0.2) is 0 Å². The number of benzene rings is 3. The van der Waals surface area contributed by atoms with Crippen LogP contribution in [0.1, 0.15) is 40.7 Å². The van der Waals surface area contributed by atoms with E-state index in [9.17, 15) is 9.59 Å². The molecule has 4 aromatic rings. The zero-order valence-electron chi connectivity index (χ0n) is 17.6. The summed E-state index contributed by atoms with van der Waals surface area (Å²) in [6, 6.07) is 22.5. The first-order valence-corrected chi connectivity index (χ1v) is 10.4. The van der Waals surface area contributed by atoms with E-state index >= 15 is 0 Å². The van der Waals surface area contributed by atoms with Gasteiger partial charge < -0.3 is 20.7 Å². The average molecular weight is 428 g/mol. The van der Waals surface area contributed by atoms with E-state index in [-0.39, 0.29) is 18.2 Å². The summed E-state index contributed by atoms with van der Waals surface area (Å²) in [5.74, 6) is -0.592. The number of hydrogen-bond donors (Lipinski definition) is 4. The van der Waals surface area contributed by atoms with Crippen molar-refractivity contribution in [3.05, 3.63) is 89.5 Å². The molecule has 162 valence electrons. The number of rotatable bonds is 8. The van der Waals surface area contributed by atoms with Crippen molar-refractivity contribution in [3.8, 4) is 0 Å². The van der Waals surface area contributed by atoms with E-state index < -0.39 is 5.97 Å². The maximum absolute atomic E-state index is 12.8. The van der Waals surface area contributed by atoms with Crippen molar-refractivity contribution in [1.29, 1.82) is 0 Å². The molecule has 4 rings (SSSR count). The largest absolute Gasteiger partial charge is 0.481 e. The third-order valence-electron chi connectivity index (χ3n) is 5.28. The summed E-state index contributed by atoms with van der Waals surface area (Å²) in [4.78, 5) is 31.5. The molecule has 0 saturated heterocycles. The van der Waals surface area contributed by atoms with Crippen LogP contribution >= 0.6 is 0 Å². The van der Waals surface area contributed by atoms with Crippen molar-refractivity contribution in [2.75, 3.05) is 5.32 Å². The number of nitrogens with one attached hydrogen (secondary N) is 3. The summed E-state index contributed by atoms with van der Waals surface area (Å²) < 4.78 is 0. The molecule has 3 aromatic carbocycles. The molecule has 32 heavy (non-hydrogen) atoms. The number of fused-ring (bicyclic) bond motifs is 1. The molecular weight excluding hydrogens is 404 g/mol. The van der Waals surface area contributed by atoms with Crippen LogP contribution in [0.25, 0.3) is 11.0 Å². The molecule has 1 unspecified atom stereocenters. The highest BCUT2D eigenvalue weighted by atomic mass is 16.4. The molecular formula is C25H24N4O3. The van der Waals surface area contributed by atoms with Gasteiger partial charge in [-0.25, -0.2) is 4.98 Å². The molecule has 1 atom stereocenters. The fourth-order valence-electron chi connectivity index (χ4n) is 3.71. The third-order valence-corrected chi connectivity index (χ3v) is 5.28. The smallest absolute Gasteiger partial charge is 0.303 e. The van der Waals surface area contributed by atoms with E-state index in [2.05, 4.69) is 20.6 Å². The minimum atomic E-state index is -0.842. The number of anilines is 2. The monoisotopic (exact) mass is 428 g/mol. The number of amides is 1. The Labute approximate surface area is 185 Å². The van der Waals surface area contributed by atoms with Crippen LogP contribution in [0.5, 0.6) is 0 Å². The third kappa shape index (κ3) is 4.95. The molecule has 7 heteroatoms. The molecule has 0 saturated carbocycles. The maximum Gasteiger partial charge on any atom is 0.303 e. The van der Waals surface area contributed by atoms with Crippen LogP contribution in [-0.4, -0.2) is 27.0 Å². The summed E-state index contributed by atoms with van der Waals surface area (Å²) in [5, 5.41) is 15.2. The van der Waals surface area contributed by atoms with Crippen LogP contribution in [0.3, 0.4) is 0 Å². The zero-order valence-corrected chi connectivity index (χ0v) is 17.6. The number of carboxylic acids is 1. The standard InChI is InChI=1S/C25H24N4O3/c1-16(13-23(30)31)20-10-3-2-7-18(20)15-26-24(32)17-8-6-9-19(14-17)27-25-28-21-11-4-5-12-22(21)29-25/h2-12,14,16H,13,15H2,1H3,(H,26,32)(H,30,31)(H2,27,28,29). The Morgan fingerprint density at radius 2 is 1.81 bits per heavy atom. The van der Waals surface area contributed by atoms with Gasteiger partial charge in [-0.2, -0.15) is 0 Å². The molecule has 1 aromatic heterocycles. The maximum atomic E-state index is 12.8. The second-order valence-electron chi connectivity index (χ2n) is 7.69. The number of hydrogen-bond acceptors (Lipinski definition) is 4. The predicted octanol–water partition coefficient (Wildman–Crippen LogP) is 4.81. The number of H-pyrrole nitrogens is 1. The first-order valence-electron chi connectivity index (χ1n) is 10.4. The molecule has 0 aliphatic rings. The summed E-state index contributed by atoms with van der Waals surface area (Å²) in [5.41, 5.74) is 4.88. The van der Waals surface area contributed by atoms with Gasteiger partial charge in [-0.15, -0.1) is 0 Å². The van der Waals surface area contributed by atoms with E-state index in [1.54, 1.807) is 12.1 Å². The van der Waals surface area contributed by atoms with Crippen LogP contribution < -0.4 is 10.6 Å². The van der Waals surface area contributed by atoms with E-state index in [1.807, 2.05) is 67.6 Å². The molecule has 1 heterocycles. The van der Waals surface area contributed by atoms with Gasteiger partial charge in [0.1, 0.15) is 0 Å². The van der Waals surface area contributed by atoms with Crippen LogP contribution in [0.15, 0.2) is 72.8 Å². The summed E-state index contributed by atoms with van der Waals surface area (Å²) >= 11 is 0. The normalized spacial score (nSPS) is 11.8. The van der Waals surface area contributed by atoms with Crippen molar-refractivity contribution in [3.63, 3.8) is 0 Å². The van der Waals surface area contributed by atoms with E-state index in [0.29, 0.717) is 18.1 Å². The Balaban J connectivity index is 1.44. The molecule has 0 radical (unpaired) electrons. The first kappa shape index (κ1) is 21.1. The van der Waals surface area contributed by atoms with Crippen molar-refractivity contribution < 1.29 is 14.7 Å². The lowest BCUT2D eigenvalue weighted by molar-refractivity contribution is -0.137. The number of carbonyl (C=O) groups excluding carboxylic acids is 1. The van der Waals surface area contributed by atoms with Crippen molar-refractivity contribution in [1.82, 2.24) is 15.3 Å². The number of aromatic amines is 1. The number of aliphatic carboxylic acids is 1. The van der Waals surface area contributed by atoms with Crippen LogP contribution in [-0.2, 0) is 11.3 Å². The van der Waals surface area contributed by atoms with Gasteiger partial charge in [-0.1, -0.05) is 49.4 Å². The molecule has 0 spiro atoms. The van der Waals surface area contributed by atoms with Crippen molar-refractivity contribution >= 4 is 34.5 Å². The molecule has 0 aliphatic carbocycles. The van der Waals surface area contributed by atoms with E-state index in [1.165, 1.54) is 0 Å². The molecule has 0 aliphatic heterocycles. The van der Waals surface area contributed by atoms with E-state index in [4.69, 9.17) is 5.11 Å². The fourth-order valence-corrected chi connectivity index (χ4v) is 3.71. The zero-order chi connectivity index (χ0) is 22.5. The lowest BCUT2D eigenvalue weighted by atomic mass is 9.93. The van der Waals surface area contributed by atoms with Gasteiger partial charge in [-0.3, -0.25) is 9.59 Å². The number of nitrogens with zero attached hydrogens (tertiary/aromatic N) is 1. The van der Waals surface area contributed by atoms with Gasteiger partial charge in [0.2, 0.25) is 5.95 Å². The summed E-state index contributed by atoms with van der Waals surface area (Å²) in [7, 11) is 0. The number of carbonyl (C=O) groups is 2. The van der Waals surface area contributed by atoms with E-state index in [0.717, 1.165) is 27.8 Å². The topological polar surface area (TPSA) is 107 Å². The Hall–Kier alpha value is -4.13. The minimum Gasteiger partial charge on any atom is -0.481 e. The average Bonchev–Trinajstić information content (AvgIpc) is 3.19. The van der Waals surface area contributed by atoms with Gasteiger partial charge >= 0.3 is 5.97 Å². The summed E-state index contributed by atoms with van der Waals surface area (Å²) in [6.07, 6.45) is 0.0421. The second-order valence-corrected chi connectivity index (χ2v) is 7.69. The lowest BCUT2D eigenvalue weighted by Crippen LogP contribution is -2.23. The second kappa shape index (κ2) is 9.34. The molecule has 4 N–H and O–H groups in total. The number of para-hydroxylation sites is 2. The van der Waals surface area contributed by atoms with Crippen molar-refractivity contribution in [2.45, 2.75) is 25.8 Å². The fraction of sp³-hybridized carbons (Fsp3) is 0.160. The quantitative estimate of drug-likeness (QED) is 0.322. The summed E-state index contributed by atoms with van der Waals surface area (Å²) in [6.45, 7) is 2.20. The van der Waals surface area contributed by atoms with Crippen LogP contribution in [0.4, 0.5) is 11.6 Å². The van der Waals surface area contributed by atoms with Gasteiger partial charge in [0.25, 0.3) is 5.91 Å². The Morgan fingerprint density at radius 1 is 1.03 bits per heavy atom. The highest BCUT2D eigenvalue weighted by Gasteiger charge is 2.15. The van der Waals surface area contributed by atoms with Gasteiger partial charge in [0, 0.05) is 17.8 Å². The highest BCUT2D eigenvalue weighted by Crippen LogP contribution is 2.23. The number of imidazole rings is 1. The molecule has 0 bridgehead atoms. The van der Waals surface area contributed by atoms with Gasteiger partial charge in [-0.05, 0) is 47.4 Å².